The lowest BCUT2D eigenvalue weighted by atomic mass is 10.0. The standard InChI is InChI=1S/C22H23N3O4S/c1-24(2)15-17-6-9-19(10-7-17)20-4-3-5-21(14-20)30(28,29)25-13-12-18(16-25)8-11-22(26)23-27/h3-14,16,27H,15H2,1-2H3,(H,23,26). The fourth-order valence-corrected chi connectivity index (χ4v) is 4.23. The summed E-state index contributed by atoms with van der Waals surface area (Å²) >= 11 is 0. The molecule has 7 nitrogen and oxygen atoms in total. The molecule has 0 radical (unpaired) electrons. The second-order valence-electron chi connectivity index (χ2n) is 7.05. The highest BCUT2D eigenvalue weighted by atomic mass is 32.2. The van der Waals surface area contributed by atoms with E-state index < -0.39 is 15.9 Å². The molecule has 0 spiro atoms. The number of rotatable bonds is 7. The monoisotopic (exact) mass is 425 g/mol. The number of nitrogens with zero attached hydrogens (tertiary/aromatic N) is 2. The summed E-state index contributed by atoms with van der Waals surface area (Å²) in [5, 5.41) is 8.52. The zero-order valence-corrected chi connectivity index (χ0v) is 17.5. The van der Waals surface area contributed by atoms with Gasteiger partial charge in [-0.1, -0.05) is 36.4 Å². The lowest BCUT2D eigenvalue weighted by molar-refractivity contribution is -0.124. The van der Waals surface area contributed by atoms with Crippen molar-refractivity contribution >= 4 is 22.0 Å². The van der Waals surface area contributed by atoms with Gasteiger partial charge in [-0.2, -0.15) is 0 Å². The van der Waals surface area contributed by atoms with Gasteiger partial charge in [-0.15, -0.1) is 0 Å². The predicted molar refractivity (Wildman–Crippen MR) is 115 cm³/mol. The lowest BCUT2D eigenvalue weighted by Crippen LogP contribution is -2.14. The maximum Gasteiger partial charge on any atom is 0.267 e. The Bertz CT molecular complexity index is 1160. The first-order chi connectivity index (χ1) is 14.3. The molecule has 0 aliphatic rings. The summed E-state index contributed by atoms with van der Waals surface area (Å²) in [4.78, 5) is 13.3. The summed E-state index contributed by atoms with van der Waals surface area (Å²) in [6, 6.07) is 16.4. The number of nitrogens with one attached hydrogen (secondary N) is 1. The molecule has 3 aromatic rings. The first-order valence-corrected chi connectivity index (χ1v) is 10.6. The summed E-state index contributed by atoms with van der Waals surface area (Å²) < 4.78 is 27.1. The van der Waals surface area contributed by atoms with E-state index in [-0.39, 0.29) is 4.90 Å². The summed E-state index contributed by atoms with van der Waals surface area (Å²) in [5.74, 6) is -0.699. The van der Waals surface area contributed by atoms with Crippen molar-refractivity contribution < 1.29 is 18.4 Å². The molecule has 3 rings (SSSR count). The van der Waals surface area contributed by atoms with E-state index in [1.165, 1.54) is 29.5 Å². The molecule has 156 valence electrons. The number of hydrogen-bond donors (Lipinski definition) is 2. The van der Waals surface area contributed by atoms with Gasteiger partial charge in [0.1, 0.15) is 0 Å². The van der Waals surface area contributed by atoms with Gasteiger partial charge >= 0.3 is 0 Å². The van der Waals surface area contributed by atoms with Crippen LogP contribution >= 0.6 is 0 Å². The predicted octanol–water partition coefficient (Wildman–Crippen LogP) is 2.97. The van der Waals surface area contributed by atoms with Gasteiger partial charge in [0.15, 0.2) is 0 Å². The van der Waals surface area contributed by atoms with E-state index in [0.717, 1.165) is 27.7 Å². The molecule has 1 aromatic heterocycles. The molecule has 2 N–H and O–H groups in total. The van der Waals surface area contributed by atoms with E-state index in [1.54, 1.807) is 24.3 Å². The number of carbonyl (C=O) groups excluding carboxylic acids is 1. The lowest BCUT2D eigenvalue weighted by Gasteiger charge is -2.11. The number of carbonyl (C=O) groups is 1. The minimum Gasteiger partial charge on any atom is -0.305 e. The van der Waals surface area contributed by atoms with E-state index in [0.29, 0.717) is 5.56 Å². The van der Waals surface area contributed by atoms with E-state index in [1.807, 2.05) is 44.4 Å². The Hall–Kier alpha value is -3.20. The highest BCUT2D eigenvalue weighted by Gasteiger charge is 2.17. The van der Waals surface area contributed by atoms with Gasteiger partial charge in [-0.05, 0) is 60.6 Å². The van der Waals surface area contributed by atoms with Crippen LogP contribution in [0.5, 0.6) is 0 Å². The fourth-order valence-electron chi connectivity index (χ4n) is 2.98. The van der Waals surface area contributed by atoms with Crippen LogP contribution in [0.4, 0.5) is 0 Å². The second kappa shape index (κ2) is 9.08. The van der Waals surface area contributed by atoms with Crippen molar-refractivity contribution in [3.05, 3.63) is 84.2 Å². The van der Waals surface area contributed by atoms with E-state index in [9.17, 15) is 13.2 Å². The van der Waals surface area contributed by atoms with Gasteiger partial charge in [0.25, 0.3) is 15.9 Å². The summed E-state index contributed by atoms with van der Waals surface area (Å²) in [5.41, 5.74) is 4.90. The van der Waals surface area contributed by atoms with Crippen LogP contribution in [-0.2, 0) is 21.4 Å². The van der Waals surface area contributed by atoms with E-state index >= 15 is 0 Å². The third-order valence-corrected chi connectivity index (χ3v) is 6.05. The SMILES string of the molecule is CN(C)Cc1ccc(-c2cccc(S(=O)(=O)n3ccc(C=CC(=O)NO)c3)c2)cc1. The fraction of sp³-hybridized carbons (Fsp3) is 0.136. The topological polar surface area (TPSA) is 91.6 Å². The second-order valence-corrected chi connectivity index (χ2v) is 8.89. The number of benzene rings is 2. The minimum absolute atomic E-state index is 0.164. The Kier molecular flexibility index (Phi) is 6.51. The number of amides is 1. The summed E-state index contributed by atoms with van der Waals surface area (Å²) in [7, 11) is 0.221. The maximum absolute atomic E-state index is 13.0. The Balaban J connectivity index is 1.87. The zero-order valence-electron chi connectivity index (χ0n) is 16.7. The molecule has 0 fully saturated rings. The van der Waals surface area contributed by atoms with Crippen LogP contribution < -0.4 is 5.48 Å². The molecule has 1 amide bonds. The first kappa shape index (κ1) is 21.5. The quantitative estimate of drug-likeness (QED) is 0.345. The van der Waals surface area contributed by atoms with Crippen molar-refractivity contribution in [2.75, 3.05) is 14.1 Å². The average molecular weight is 426 g/mol. The van der Waals surface area contributed by atoms with Crippen LogP contribution in [0, 0.1) is 0 Å². The molecule has 2 aromatic carbocycles. The van der Waals surface area contributed by atoms with Crippen molar-refractivity contribution in [1.82, 2.24) is 14.4 Å². The molecule has 0 aliphatic carbocycles. The third-order valence-electron chi connectivity index (χ3n) is 4.42. The molecule has 0 saturated carbocycles. The highest BCUT2D eigenvalue weighted by Crippen LogP contribution is 2.25. The first-order valence-electron chi connectivity index (χ1n) is 9.19. The van der Waals surface area contributed by atoms with Crippen molar-refractivity contribution in [2.24, 2.45) is 0 Å². The number of aromatic nitrogens is 1. The molecule has 0 atom stereocenters. The molecule has 0 saturated heterocycles. The van der Waals surface area contributed by atoms with Crippen LogP contribution in [0.15, 0.2) is 78.0 Å². The largest absolute Gasteiger partial charge is 0.305 e. The van der Waals surface area contributed by atoms with Crippen molar-refractivity contribution in [3.8, 4) is 11.1 Å². The van der Waals surface area contributed by atoms with Gasteiger partial charge < -0.3 is 4.90 Å². The normalized spacial score (nSPS) is 11.9. The van der Waals surface area contributed by atoms with Gasteiger partial charge in [-0.3, -0.25) is 10.0 Å². The van der Waals surface area contributed by atoms with E-state index in [4.69, 9.17) is 5.21 Å². The Morgan fingerprint density at radius 2 is 1.83 bits per heavy atom. The summed E-state index contributed by atoms with van der Waals surface area (Å²) in [6.07, 6.45) is 5.32. The molecule has 0 bridgehead atoms. The smallest absolute Gasteiger partial charge is 0.267 e. The van der Waals surface area contributed by atoms with Crippen molar-refractivity contribution in [3.63, 3.8) is 0 Å². The number of hydroxylamine groups is 1. The molecule has 0 unspecified atom stereocenters. The molecule has 8 heteroatoms. The van der Waals surface area contributed by atoms with Crippen LogP contribution in [0.3, 0.4) is 0 Å². The Morgan fingerprint density at radius 3 is 2.50 bits per heavy atom. The van der Waals surface area contributed by atoms with Gasteiger partial charge in [0, 0.05) is 25.0 Å². The number of hydrogen-bond acceptors (Lipinski definition) is 5. The van der Waals surface area contributed by atoms with Gasteiger partial charge in [0.2, 0.25) is 0 Å². The van der Waals surface area contributed by atoms with E-state index in [2.05, 4.69) is 4.90 Å². The zero-order chi connectivity index (χ0) is 21.7. The van der Waals surface area contributed by atoms with Gasteiger partial charge in [-0.25, -0.2) is 17.9 Å². The van der Waals surface area contributed by atoms with Crippen LogP contribution in [0.1, 0.15) is 11.1 Å². The van der Waals surface area contributed by atoms with Crippen molar-refractivity contribution in [2.45, 2.75) is 11.4 Å². The van der Waals surface area contributed by atoms with Crippen LogP contribution in [0.2, 0.25) is 0 Å². The highest BCUT2D eigenvalue weighted by molar-refractivity contribution is 7.90. The summed E-state index contributed by atoms with van der Waals surface area (Å²) in [6.45, 7) is 0.832. The molecular formula is C22H23N3O4S. The van der Waals surface area contributed by atoms with Gasteiger partial charge in [0.05, 0.1) is 4.90 Å². The molecule has 1 heterocycles. The Labute approximate surface area is 175 Å². The average Bonchev–Trinajstić information content (AvgIpc) is 3.22. The Morgan fingerprint density at radius 1 is 1.10 bits per heavy atom. The molecule has 0 aliphatic heterocycles. The molecular weight excluding hydrogens is 402 g/mol. The molecule has 30 heavy (non-hydrogen) atoms. The van der Waals surface area contributed by atoms with Crippen LogP contribution in [-0.4, -0.2) is 42.5 Å². The maximum atomic E-state index is 13.0. The minimum atomic E-state index is -3.79. The van der Waals surface area contributed by atoms with Crippen LogP contribution in [0.25, 0.3) is 17.2 Å². The van der Waals surface area contributed by atoms with Crippen molar-refractivity contribution in [1.29, 1.82) is 0 Å². The third kappa shape index (κ3) is 5.04.